The largest absolute Gasteiger partial charge is 0.550 e. The van der Waals surface area contributed by atoms with Crippen LogP contribution in [0.25, 0.3) is 0 Å². The van der Waals surface area contributed by atoms with Crippen molar-refractivity contribution in [3.05, 3.63) is 0 Å². The fourth-order valence-electron chi connectivity index (χ4n) is 0.734. The summed E-state index contributed by atoms with van der Waals surface area (Å²) in [6.45, 7) is 7.12. The maximum Gasteiger partial charge on any atom is 0.165 e. The second-order valence-electron chi connectivity index (χ2n) is 4.63. The molecule has 0 amide bonds. The minimum absolute atomic E-state index is 0.116. The monoisotopic (exact) mass is 210 g/mol. The Bertz CT molecular complexity index is 299. The van der Waals surface area contributed by atoms with E-state index < -0.39 is 11.5 Å². The van der Waals surface area contributed by atoms with Gasteiger partial charge in [-0.05, 0) is 40.5 Å². The molecule has 1 unspecified atom stereocenters. The number of aliphatic carboxylic acids is 1. The predicted molar refractivity (Wildman–Crippen MR) is 52.9 cm³/mol. The molecule has 5 heteroatoms. The van der Waals surface area contributed by atoms with Crippen molar-refractivity contribution in [1.29, 1.82) is 5.26 Å². The normalized spacial score (nSPS) is 15.9. The number of carbonyl (C=O) groups is 1. The van der Waals surface area contributed by atoms with Crippen molar-refractivity contribution in [3.63, 3.8) is 0 Å². The zero-order valence-electron chi connectivity index (χ0n) is 9.57. The van der Waals surface area contributed by atoms with Crippen molar-refractivity contribution in [2.45, 2.75) is 51.6 Å². The second-order valence-corrected chi connectivity index (χ2v) is 4.63. The molecule has 0 aliphatic heterocycles. The van der Waals surface area contributed by atoms with E-state index in [0.717, 1.165) is 0 Å². The molecular weight excluding hydrogens is 194 g/mol. The lowest BCUT2D eigenvalue weighted by molar-refractivity contribution is -0.305. The first kappa shape index (κ1) is 13.6. The molecule has 5 nitrogen and oxygen atoms in total. The molecule has 0 aromatic rings. The van der Waals surface area contributed by atoms with Crippen molar-refractivity contribution in [3.8, 4) is 6.07 Å². The zero-order chi connectivity index (χ0) is 12.1. The third-order valence-corrected chi connectivity index (χ3v) is 1.63. The molecular formula is C10H16N3O2-. The number of carboxylic acids is 1. The van der Waals surface area contributed by atoms with Gasteiger partial charge in [0.2, 0.25) is 0 Å². The van der Waals surface area contributed by atoms with Crippen LogP contribution in [0.1, 0.15) is 40.5 Å². The maximum atomic E-state index is 10.3. The van der Waals surface area contributed by atoms with Gasteiger partial charge in [0, 0.05) is 5.97 Å². The molecule has 0 rings (SSSR count). The molecule has 0 aliphatic carbocycles. The van der Waals surface area contributed by atoms with Crippen LogP contribution in [0, 0.1) is 11.3 Å². The highest BCUT2D eigenvalue weighted by Gasteiger charge is 2.24. The molecule has 15 heavy (non-hydrogen) atoms. The van der Waals surface area contributed by atoms with Crippen LogP contribution in [0.3, 0.4) is 0 Å². The molecule has 0 fully saturated rings. The topological polar surface area (TPSA) is 88.6 Å². The van der Waals surface area contributed by atoms with Gasteiger partial charge in [-0.15, -0.1) is 0 Å². The third-order valence-electron chi connectivity index (χ3n) is 1.63. The first-order chi connectivity index (χ1) is 6.68. The number of hydrogen-bond acceptors (Lipinski definition) is 5. The standard InChI is InChI=1S/C10H17N3O2/c1-9(2,3)12-13-10(4,7-11)6-5-8(14)15/h5-6H2,1-4H3,(H,14,15)/p-1. The molecule has 0 aromatic heterocycles. The van der Waals surface area contributed by atoms with E-state index in [0.29, 0.717) is 0 Å². The highest BCUT2D eigenvalue weighted by atomic mass is 16.4. The molecule has 0 saturated carbocycles. The Morgan fingerprint density at radius 1 is 1.33 bits per heavy atom. The van der Waals surface area contributed by atoms with E-state index in [1.165, 1.54) is 0 Å². The van der Waals surface area contributed by atoms with E-state index in [1.807, 2.05) is 26.8 Å². The van der Waals surface area contributed by atoms with Crippen molar-refractivity contribution >= 4 is 5.97 Å². The Morgan fingerprint density at radius 3 is 2.20 bits per heavy atom. The number of hydrogen-bond donors (Lipinski definition) is 0. The van der Waals surface area contributed by atoms with Crippen molar-refractivity contribution in [2.24, 2.45) is 10.2 Å². The summed E-state index contributed by atoms with van der Waals surface area (Å²) < 4.78 is 0. The summed E-state index contributed by atoms with van der Waals surface area (Å²) in [7, 11) is 0. The van der Waals surface area contributed by atoms with Crippen LogP contribution in [0.2, 0.25) is 0 Å². The zero-order valence-corrected chi connectivity index (χ0v) is 9.57. The van der Waals surface area contributed by atoms with Gasteiger partial charge in [0.1, 0.15) is 0 Å². The Morgan fingerprint density at radius 2 is 1.87 bits per heavy atom. The van der Waals surface area contributed by atoms with E-state index in [1.54, 1.807) is 6.92 Å². The smallest absolute Gasteiger partial charge is 0.165 e. The molecule has 0 aliphatic rings. The van der Waals surface area contributed by atoms with E-state index in [9.17, 15) is 9.90 Å². The molecule has 0 aromatic carbocycles. The third kappa shape index (κ3) is 6.61. The molecule has 0 N–H and O–H groups in total. The number of nitrogens with zero attached hydrogens (tertiary/aromatic N) is 3. The lowest BCUT2D eigenvalue weighted by Gasteiger charge is -2.18. The van der Waals surface area contributed by atoms with Crippen LogP contribution in [0.15, 0.2) is 10.2 Å². The molecule has 84 valence electrons. The highest BCUT2D eigenvalue weighted by molar-refractivity contribution is 5.64. The molecule has 0 spiro atoms. The van der Waals surface area contributed by atoms with Gasteiger partial charge < -0.3 is 9.90 Å². The minimum Gasteiger partial charge on any atom is -0.550 e. The Balaban J connectivity index is 4.53. The number of carbonyl (C=O) groups excluding carboxylic acids is 1. The first-order valence-corrected chi connectivity index (χ1v) is 4.74. The van der Waals surface area contributed by atoms with Gasteiger partial charge in [-0.25, -0.2) is 0 Å². The van der Waals surface area contributed by atoms with Gasteiger partial charge in [0.15, 0.2) is 5.54 Å². The Kier molecular flexibility index (Phi) is 4.40. The van der Waals surface area contributed by atoms with Crippen LogP contribution in [-0.2, 0) is 4.79 Å². The summed E-state index contributed by atoms with van der Waals surface area (Å²) in [5.74, 6) is -1.18. The minimum atomic E-state index is -1.18. The van der Waals surface area contributed by atoms with Gasteiger partial charge in [0.05, 0.1) is 11.6 Å². The van der Waals surface area contributed by atoms with E-state index in [2.05, 4.69) is 10.2 Å². The van der Waals surface area contributed by atoms with Crippen LogP contribution in [0.5, 0.6) is 0 Å². The van der Waals surface area contributed by atoms with Crippen LogP contribution in [-0.4, -0.2) is 17.0 Å². The van der Waals surface area contributed by atoms with Crippen molar-refractivity contribution in [2.75, 3.05) is 0 Å². The summed E-state index contributed by atoms with van der Waals surface area (Å²) in [4.78, 5) is 10.3. The van der Waals surface area contributed by atoms with Crippen molar-refractivity contribution in [1.82, 2.24) is 0 Å². The van der Waals surface area contributed by atoms with E-state index in [-0.39, 0.29) is 18.4 Å². The lowest BCUT2D eigenvalue weighted by atomic mass is 9.99. The van der Waals surface area contributed by atoms with Gasteiger partial charge in [-0.3, -0.25) is 0 Å². The molecule has 0 heterocycles. The van der Waals surface area contributed by atoms with E-state index >= 15 is 0 Å². The highest BCUT2D eigenvalue weighted by Crippen LogP contribution is 2.19. The maximum absolute atomic E-state index is 10.3. The summed E-state index contributed by atoms with van der Waals surface area (Å²) in [6.07, 6.45) is -0.0708. The fourth-order valence-corrected chi connectivity index (χ4v) is 0.734. The van der Waals surface area contributed by atoms with Crippen molar-refractivity contribution < 1.29 is 9.90 Å². The Hall–Kier alpha value is -1.44. The number of azo groups is 1. The molecule has 1 atom stereocenters. The average molecular weight is 210 g/mol. The van der Waals surface area contributed by atoms with E-state index in [4.69, 9.17) is 5.26 Å². The van der Waals surface area contributed by atoms with Gasteiger partial charge in [0.25, 0.3) is 0 Å². The predicted octanol–water partition coefficient (Wildman–Crippen LogP) is 1.05. The summed E-state index contributed by atoms with van der Waals surface area (Å²) in [5, 5.41) is 27.0. The van der Waals surface area contributed by atoms with Crippen LogP contribution < -0.4 is 5.11 Å². The number of rotatable bonds is 4. The van der Waals surface area contributed by atoms with Crippen LogP contribution in [0.4, 0.5) is 0 Å². The van der Waals surface area contributed by atoms with Gasteiger partial charge in [-0.1, -0.05) is 0 Å². The van der Waals surface area contributed by atoms with Crippen LogP contribution >= 0.6 is 0 Å². The number of nitriles is 1. The number of carboxylic acid groups (broad SMARTS) is 1. The SMILES string of the molecule is CC(C)(C)N=NC(C)(C#N)CCC(=O)[O-]. The summed E-state index contributed by atoms with van der Waals surface area (Å²) >= 11 is 0. The molecule has 0 bridgehead atoms. The molecule has 0 radical (unpaired) electrons. The lowest BCUT2D eigenvalue weighted by Crippen LogP contribution is -2.27. The Labute approximate surface area is 89.8 Å². The van der Waals surface area contributed by atoms with Gasteiger partial charge >= 0.3 is 0 Å². The fraction of sp³-hybridized carbons (Fsp3) is 0.800. The quantitative estimate of drug-likeness (QED) is 0.649. The molecule has 0 saturated heterocycles. The summed E-state index contributed by atoms with van der Waals surface area (Å²) in [6, 6.07) is 1.95. The second kappa shape index (κ2) is 4.87. The average Bonchev–Trinajstić information content (AvgIpc) is 2.10. The van der Waals surface area contributed by atoms with Gasteiger partial charge in [-0.2, -0.15) is 15.5 Å². The summed E-state index contributed by atoms with van der Waals surface area (Å²) in [5.41, 5.74) is -1.44. The first-order valence-electron chi connectivity index (χ1n) is 4.74.